The zero-order valence-electron chi connectivity index (χ0n) is 19.6. The van der Waals surface area contributed by atoms with Gasteiger partial charge in [-0.3, -0.25) is 9.89 Å². The molecule has 0 aliphatic carbocycles. The van der Waals surface area contributed by atoms with Crippen molar-refractivity contribution in [1.29, 1.82) is 0 Å². The number of allylic oxidation sites excluding steroid dienone is 2. The number of nitrogens with one attached hydrogen (secondary N) is 2. The number of fused-ring (bicyclic) bond motifs is 1. The van der Waals surface area contributed by atoms with Crippen molar-refractivity contribution >= 4 is 28.1 Å². The second kappa shape index (κ2) is 10.5. The van der Waals surface area contributed by atoms with E-state index in [0.717, 1.165) is 28.6 Å². The molecule has 0 bridgehead atoms. The number of benzene rings is 3. The number of carbonyl (C=O) groups excluding carboxylic acids is 1. The maximum absolute atomic E-state index is 13.0. The SMILES string of the molecule is CC(C)Oc1ccc(C(=CC=CC(=O)Nc2cccc3[nH]ncc23)c2ccc(C(F)(F)F)cc2)cc1. The Balaban J connectivity index is 1.61. The molecule has 0 fully saturated rings. The predicted molar refractivity (Wildman–Crippen MR) is 135 cm³/mol. The van der Waals surface area contributed by atoms with Gasteiger partial charge in [0.1, 0.15) is 5.75 Å². The highest BCUT2D eigenvalue weighted by molar-refractivity contribution is 6.05. The molecule has 1 aromatic heterocycles. The van der Waals surface area contributed by atoms with Crippen LogP contribution in [0.25, 0.3) is 16.5 Å². The van der Waals surface area contributed by atoms with Crippen LogP contribution in [0.1, 0.15) is 30.5 Å². The molecule has 5 nitrogen and oxygen atoms in total. The summed E-state index contributed by atoms with van der Waals surface area (Å²) in [5.74, 6) is 0.330. The molecular weight excluding hydrogens is 467 g/mol. The smallest absolute Gasteiger partial charge is 0.416 e. The van der Waals surface area contributed by atoms with Gasteiger partial charge in [0.25, 0.3) is 0 Å². The molecule has 184 valence electrons. The second-order valence-corrected chi connectivity index (χ2v) is 8.33. The zero-order valence-corrected chi connectivity index (χ0v) is 19.6. The van der Waals surface area contributed by atoms with Gasteiger partial charge in [0.05, 0.1) is 29.1 Å². The van der Waals surface area contributed by atoms with Crippen molar-refractivity contribution in [2.75, 3.05) is 5.32 Å². The largest absolute Gasteiger partial charge is 0.491 e. The molecular formula is C28H24F3N3O2. The molecule has 0 saturated carbocycles. The molecule has 4 aromatic rings. The fourth-order valence-corrected chi connectivity index (χ4v) is 3.67. The molecule has 3 aromatic carbocycles. The van der Waals surface area contributed by atoms with Crippen LogP contribution in [0.3, 0.4) is 0 Å². The number of ether oxygens (including phenoxy) is 1. The molecule has 0 radical (unpaired) electrons. The minimum absolute atomic E-state index is 0.00937. The number of rotatable bonds is 7. The summed E-state index contributed by atoms with van der Waals surface area (Å²) in [5, 5.41) is 10.4. The summed E-state index contributed by atoms with van der Waals surface area (Å²) >= 11 is 0. The van der Waals surface area contributed by atoms with Crippen molar-refractivity contribution in [2.24, 2.45) is 0 Å². The van der Waals surface area contributed by atoms with Gasteiger partial charge in [-0.2, -0.15) is 18.3 Å². The first kappa shape index (κ1) is 24.8. The van der Waals surface area contributed by atoms with Gasteiger partial charge in [-0.15, -0.1) is 0 Å². The van der Waals surface area contributed by atoms with Crippen LogP contribution in [0, 0.1) is 0 Å². The Kier molecular flexibility index (Phi) is 7.24. The number of alkyl halides is 3. The van der Waals surface area contributed by atoms with E-state index in [9.17, 15) is 18.0 Å². The summed E-state index contributed by atoms with van der Waals surface area (Å²) in [6, 6.07) is 17.6. The number of carbonyl (C=O) groups is 1. The number of aromatic nitrogens is 2. The molecule has 0 spiro atoms. The number of aromatic amines is 1. The minimum atomic E-state index is -4.42. The van der Waals surface area contributed by atoms with Crippen LogP contribution in [0.2, 0.25) is 0 Å². The Hall–Kier alpha value is -4.33. The Morgan fingerprint density at radius 1 is 1.00 bits per heavy atom. The van der Waals surface area contributed by atoms with E-state index in [2.05, 4.69) is 15.5 Å². The van der Waals surface area contributed by atoms with Gasteiger partial charge in [-0.05, 0) is 66.9 Å². The topological polar surface area (TPSA) is 67.0 Å². The van der Waals surface area contributed by atoms with E-state index in [1.165, 1.54) is 18.2 Å². The number of nitrogens with zero attached hydrogens (tertiary/aromatic N) is 1. The highest BCUT2D eigenvalue weighted by atomic mass is 19.4. The molecule has 0 atom stereocenters. The van der Waals surface area contributed by atoms with Crippen LogP contribution < -0.4 is 10.1 Å². The van der Waals surface area contributed by atoms with Gasteiger partial charge in [0.15, 0.2) is 0 Å². The lowest BCUT2D eigenvalue weighted by Gasteiger charge is -2.13. The first-order valence-electron chi connectivity index (χ1n) is 11.3. The Bertz CT molecular complexity index is 1400. The number of halogens is 3. The molecule has 1 amide bonds. The van der Waals surface area contributed by atoms with Gasteiger partial charge >= 0.3 is 6.18 Å². The third-order valence-electron chi connectivity index (χ3n) is 5.31. The molecule has 0 unspecified atom stereocenters. The average molecular weight is 492 g/mol. The van der Waals surface area contributed by atoms with E-state index in [1.807, 2.05) is 32.0 Å². The lowest BCUT2D eigenvalue weighted by atomic mass is 9.96. The summed E-state index contributed by atoms with van der Waals surface area (Å²) in [5.41, 5.74) is 2.68. The number of anilines is 1. The third kappa shape index (κ3) is 6.02. The summed E-state index contributed by atoms with van der Waals surface area (Å²) in [6.07, 6.45) is 1.84. The van der Waals surface area contributed by atoms with Crippen LogP contribution >= 0.6 is 0 Å². The van der Waals surface area contributed by atoms with Crippen LogP contribution in [-0.2, 0) is 11.0 Å². The van der Waals surface area contributed by atoms with E-state index >= 15 is 0 Å². The first-order valence-corrected chi connectivity index (χ1v) is 11.3. The highest BCUT2D eigenvalue weighted by Crippen LogP contribution is 2.32. The fourth-order valence-electron chi connectivity index (χ4n) is 3.67. The van der Waals surface area contributed by atoms with Gasteiger partial charge in [0, 0.05) is 11.5 Å². The number of hydrogen-bond acceptors (Lipinski definition) is 3. The summed E-state index contributed by atoms with van der Waals surface area (Å²) in [6.45, 7) is 3.84. The molecule has 0 aliphatic heterocycles. The predicted octanol–water partition coefficient (Wildman–Crippen LogP) is 7.00. The fraction of sp³-hybridized carbons (Fsp3) is 0.143. The van der Waals surface area contributed by atoms with E-state index in [-0.39, 0.29) is 12.0 Å². The average Bonchev–Trinajstić information content (AvgIpc) is 3.32. The van der Waals surface area contributed by atoms with E-state index in [4.69, 9.17) is 4.74 Å². The Labute approximate surface area is 206 Å². The highest BCUT2D eigenvalue weighted by Gasteiger charge is 2.30. The van der Waals surface area contributed by atoms with Crippen molar-refractivity contribution in [2.45, 2.75) is 26.1 Å². The van der Waals surface area contributed by atoms with Crippen LogP contribution in [-0.4, -0.2) is 22.2 Å². The quantitative estimate of drug-likeness (QED) is 0.216. The van der Waals surface area contributed by atoms with Crippen LogP contribution in [0.15, 0.2) is 91.2 Å². The van der Waals surface area contributed by atoms with Crippen molar-refractivity contribution in [3.05, 3.63) is 108 Å². The zero-order chi connectivity index (χ0) is 25.7. The third-order valence-corrected chi connectivity index (χ3v) is 5.31. The van der Waals surface area contributed by atoms with Gasteiger partial charge in [-0.25, -0.2) is 0 Å². The molecule has 2 N–H and O–H groups in total. The molecule has 36 heavy (non-hydrogen) atoms. The summed E-state index contributed by atoms with van der Waals surface area (Å²) in [7, 11) is 0. The molecule has 0 aliphatic rings. The molecule has 4 rings (SSSR count). The maximum atomic E-state index is 13.0. The Morgan fingerprint density at radius 3 is 2.31 bits per heavy atom. The van der Waals surface area contributed by atoms with Crippen molar-refractivity contribution in [3.63, 3.8) is 0 Å². The van der Waals surface area contributed by atoms with Gasteiger partial charge in [0.2, 0.25) is 5.91 Å². The minimum Gasteiger partial charge on any atom is -0.491 e. The summed E-state index contributed by atoms with van der Waals surface area (Å²) in [4.78, 5) is 12.5. The molecule has 0 saturated heterocycles. The van der Waals surface area contributed by atoms with E-state index < -0.39 is 11.7 Å². The normalized spacial score (nSPS) is 12.4. The lowest BCUT2D eigenvalue weighted by Crippen LogP contribution is -2.07. The lowest BCUT2D eigenvalue weighted by molar-refractivity contribution is -0.137. The van der Waals surface area contributed by atoms with Gasteiger partial charge < -0.3 is 10.1 Å². The standard InChI is InChI=1S/C28H24F3N3O2/c1-18(2)36-22-15-11-20(12-16-22)23(19-9-13-21(14-10-19)28(29,30)31)5-3-8-27(35)33-25-6-4-7-26-24(25)17-32-34-26/h3-18H,1-2H3,(H,32,34)(H,33,35). The van der Waals surface area contributed by atoms with Crippen molar-refractivity contribution < 1.29 is 22.7 Å². The van der Waals surface area contributed by atoms with Crippen LogP contribution in [0.4, 0.5) is 18.9 Å². The van der Waals surface area contributed by atoms with E-state index in [0.29, 0.717) is 22.6 Å². The van der Waals surface area contributed by atoms with Gasteiger partial charge in [-0.1, -0.05) is 42.5 Å². The van der Waals surface area contributed by atoms with E-state index in [1.54, 1.807) is 42.6 Å². The van der Waals surface area contributed by atoms with Crippen LogP contribution in [0.5, 0.6) is 5.75 Å². The molecule has 1 heterocycles. The monoisotopic (exact) mass is 491 g/mol. The maximum Gasteiger partial charge on any atom is 0.416 e. The summed E-state index contributed by atoms with van der Waals surface area (Å²) < 4.78 is 44.8. The first-order chi connectivity index (χ1) is 17.2. The molecule has 8 heteroatoms. The van der Waals surface area contributed by atoms with Crippen molar-refractivity contribution in [1.82, 2.24) is 10.2 Å². The number of hydrogen-bond donors (Lipinski definition) is 2. The second-order valence-electron chi connectivity index (χ2n) is 8.33. The number of amides is 1. The number of H-pyrrole nitrogens is 1. The Morgan fingerprint density at radius 2 is 1.67 bits per heavy atom. The van der Waals surface area contributed by atoms with Crippen molar-refractivity contribution in [3.8, 4) is 5.75 Å².